The molecule has 104 valence electrons. The summed E-state index contributed by atoms with van der Waals surface area (Å²) >= 11 is 0. The lowest BCUT2D eigenvalue weighted by Gasteiger charge is -2.18. The first kappa shape index (κ1) is 12.7. The number of anilines is 1. The Bertz CT molecular complexity index is 636. The fraction of sp³-hybridized carbons (Fsp3) is 0.286. The quantitative estimate of drug-likeness (QED) is 0.875. The maximum absolute atomic E-state index is 13.2. The zero-order chi connectivity index (χ0) is 14.1. The van der Waals surface area contributed by atoms with E-state index in [1.807, 2.05) is 4.57 Å². The highest BCUT2D eigenvalue weighted by molar-refractivity contribution is 5.84. The molecule has 3 N–H and O–H groups in total. The third-order valence-electron chi connectivity index (χ3n) is 3.35. The lowest BCUT2D eigenvalue weighted by molar-refractivity contribution is -0.119. The summed E-state index contributed by atoms with van der Waals surface area (Å²) in [7, 11) is 0. The Morgan fingerprint density at radius 2 is 2.30 bits per heavy atom. The molecule has 1 unspecified atom stereocenters. The molecule has 1 atom stereocenters. The summed E-state index contributed by atoms with van der Waals surface area (Å²) in [5.74, 6) is -0.884. The van der Waals surface area contributed by atoms with Crippen molar-refractivity contribution in [3.05, 3.63) is 48.3 Å². The van der Waals surface area contributed by atoms with Crippen molar-refractivity contribution >= 4 is 11.6 Å². The molecule has 2 aromatic rings. The van der Waals surface area contributed by atoms with E-state index in [1.54, 1.807) is 24.7 Å². The minimum Gasteiger partial charge on any atom is -0.369 e. The summed E-state index contributed by atoms with van der Waals surface area (Å²) in [6.45, 7) is 0. The summed E-state index contributed by atoms with van der Waals surface area (Å²) in [6.07, 6.45) is 5.49. The highest BCUT2D eigenvalue weighted by Gasteiger charge is 2.30. The average molecular weight is 274 g/mol. The van der Waals surface area contributed by atoms with Crippen molar-refractivity contribution in [2.45, 2.75) is 24.9 Å². The number of carbonyl (C=O) groups excluding carboxylic acids is 1. The minimum absolute atomic E-state index is 0.367. The van der Waals surface area contributed by atoms with Gasteiger partial charge in [-0.1, -0.05) is 6.07 Å². The van der Waals surface area contributed by atoms with E-state index in [2.05, 4.69) is 10.3 Å². The lowest BCUT2D eigenvalue weighted by atomic mass is 10.2. The molecule has 0 spiro atoms. The number of amides is 1. The lowest BCUT2D eigenvalue weighted by Crippen LogP contribution is -2.29. The van der Waals surface area contributed by atoms with E-state index in [-0.39, 0.29) is 5.82 Å². The molecular weight excluding hydrogens is 259 g/mol. The Labute approximate surface area is 115 Å². The van der Waals surface area contributed by atoms with E-state index < -0.39 is 11.9 Å². The van der Waals surface area contributed by atoms with Gasteiger partial charge in [0.2, 0.25) is 5.91 Å². The number of nitrogens with two attached hydrogens (primary N) is 1. The molecular formula is C14H15FN4O. The van der Waals surface area contributed by atoms with Crippen LogP contribution in [0.4, 0.5) is 10.1 Å². The van der Waals surface area contributed by atoms with Crippen LogP contribution in [-0.2, 0) is 4.79 Å². The van der Waals surface area contributed by atoms with Crippen LogP contribution in [0.2, 0.25) is 0 Å². The maximum Gasteiger partial charge on any atom is 0.246 e. The second kappa shape index (κ2) is 4.96. The third-order valence-corrected chi connectivity index (χ3v) is 3.35. The Morgan fingerprint density at radius 3 is 2.95 bits per heavy atom. The maximum atomic E-state index is 13.2. The zero-order valence-electron chi connectivity index (χ0n) is 10.8. The number of benzene rings is 1. The van der Waals surface area contributed by atoms with Crippen LogP contribution in [0.1, 0.15) is 30.6 Å². The number of primary amides is 1. The summed E-state index contributed by atoms with van der Waals surface area (Å²) in [5, 5.41) is 2.97. The SMILES string of the molecule is NC(=O)C(Nc1cccc(F)c1)c1cncn1C1CC1. The molecule has 1 aromatic carbocycles. The Kier molecular flexibility index (Phi) is 3.14. The number of aromatic nitrogens is 2. The van der Waals surface area contributed by atoms with Gasteiger partial charge in [0.15, 0.2) is 0 Å². The fourth-order valence-corrected chi connectivity index (χ4v) is 2.23. The van der Waals surface area contributed by atoms with Crippen molar-refractivity contribution in [1.29, 1.82) is 0 Å². The van der Waals surface area contributed by atoms with E-state index in [0.29, 0.717) is 17.4 Å². The number of nitrogens with one attached hydrogen (secondary N) is 1. The highest BCUT2D eigenvalue weighted by atomic mass is 19.1. The molecule has 6 heteroatoms. The summed E-state index contributed by atoms with van der Waals surface area (Å²) < 4.78 is 15.2. The van der Waals surface area contributed by atoms with Crippen LogP contribution in [0.15, 0.2) is 36.8 Å². The number of rotatable bonds is 5. The molecule has 1 fully saturated rings. The molecule has 0 aliphatic heterocycles. The Morgan fingerprint density at radius 1 is 1.50 bits per heavy atom. The van der Waals surface area contributed by atoms with Gasteiger partial charge in [0, 0.05) is 11.7 Å². The average Bonchev–Trinajstić information content (AvgIpc) is 3.14. The van der Waals surface area contributed by atoms with E-state index >= 15 is 0 Å². The van der Waals surface area contributed by atoms with Gasteiger partial charge >= 0.3 is 0 Å². The second-order valence-corrected chi connectivity index (χ2v) is 4.95. The molecule has 1 amide bonds. The fourth-order valence-electron chi connectivity index (χ4n) is 2.23. The van der Waals surface area contributed by atoms with E-state index in [1.165, 1.54) is 12.1 Å². The van der Waals surface area contributed by atoms with Gasteiger partial charge in [0.1, 0.15) is 11.9 Å². The summed E-state index contributed by atoms with van der Waals surface area (Å²) in [6, 6.07) is 5.61. The molecule has 1 aromatic heterocycles. The molecule has 1 heterocycles. The van der Waals surface area contributed by atoms with Gasteiger partial charge in [-0.25, -0.2) is 9.37 Å². The number of nitrogens with zero attached hydrogens (tertiary/aromatic N) is 2. The predicted molar refractivity (Wildman–Crippen MR) is 72.5 cm³/mol. The first-order valence-electron chi connectivity index (χ1n) is 6.48. The highest BCUT2D eigenvalue weighted by Crippen LogP contribution is 2.37. The van der Waals surface area contributed by atoms with Crippen molar-refractivity contribution in [3.63, 3.8) is 0 Å². The number of hydrogen-bond acceptors (Lipinski definition) is 3. The number of halogens is 1. The van der Waals surface area contributed by atoms with E-state index in [4.69, 9.17) is 5.73 Å². The van der Waals surface area contributed by atoms with Crippen molar-refractivity contribution < 1.29 is 9.18 Å². The number of hydrogen-bond donors (Lipinski definition) is 2. The van der Waals surface area contributed by atoms with Crippen molar-refractivity contribution in [1.82, 2.24) is 9.55 Å². The molecule has 1 aliphatic carbocycles. The van der Waals surface area contributed by atoms with E-state index in [0.717, 1.165) is 12.8 Å². The second-order valence-electron chi connectivity index (χ2n) is 4.95. The largest absolute Gasteiger partial charge is 0.369 e. The standard InChI is InChI=1S/C14H15FN4O/c15-9-2-1-3-10(6-9)18-13(14(16)20)12-7-17-8-19(12)11-4-5-11/h1-3,6-8,11,13,18H,4-5H2,(H2,16,20). The van der Waals surface area contributed by atoms with Crippen LogP contribution in [0.5, 0.6) is 0 Å². The van der Waals surface area contributed by atoms with Crippen LogP contribution < -0.4 is 11.1 Å². The Balaban J connectivity index is 1.89. The first-order chi connectivity index (χ1) is 9.65. The van der Waals surface area contributed by atoms with Gasteiger partial charge in [0.05, 0.1) is 18.2 Å². The zero-order valence-corrected chi connectivity index (χ0v) is 10.8. The van der Waals surface area contributed by atoms with Crippen LogP contribution >= 0.6 is 0 Å². The van der Waals surface area contributed by atoms with Crippen molar-refractivity contribution in [2.24, 2.45) is 5.73 Å². The first-order valence-corrected chi connectivity index (χ1v) is 6.48. The third kappa shape index (κ3) is 2.49. The molecule has 20 heavy (non-hydrogen) atoms. The van der Waals surface area contributed by atoms with Crippen LogP contribution in [0, 0.1) is 5.82 Å². The van der Waals surface area contributed by atoms with Gasteiger partial charge in [-0.3, -0.25) is 4.79 Å². The van der Waals surface area contributed by atoms with Crippen LogP contribution in [0.25, 0.3) is 0 Å². The molecule has 3 rings (SSSR count). The predicted octanol–water partition coefficient (Wildman–Crippen LogP) is 2.00. The summed E-state index contributed by atoms with van der Waals surface area (Å²) in [4.78, 5) is 15.8. The molecule has 0 radical (unpaired) electrons. The molecule has 0 bridgehead atoms. The number of imidazole rings is 1. The smallest absolute Gasteiger partial charge is 0.246 e. The van der Waals surface area contributed by atoms with Crippen LogP contribution in [0.3, 0.4) is 0 Å². The van der Waals surface area contributed by atoms with Crippen molar-refractivity contribution in [2.75, 3.05) is 5.32 Å². The molecule has 0 saturated heterocycles. The minimum atomic E-state index is -0.722. The number of carbonyl (C=O) groups is 1. The van der Waals surface area contributed by atoms with Crippen LogP contribution in [-0.4, -0.2) is 15.5 Å². The molecule has 1 aliphatic rings. The molecule has 5 nitrogen and oxygen atoms in total. The van der Waals surface area contributed by atoms with Gasteiger partial charge in [0.25, 0.3) is 0 Å². The Hall–Kier alpha value is -2.37. The monoisotopic (exact) mass is 274 g/mol. The topological polar surface area (TPSA) is 72.9 Å². The van der Waals surface area contributed by atoms with Gasteiger partial charge in [-0.2, -0.15) is 0 Å². The normalized spacial score (nSPS) is 15.8. The molecule has 1 saturated carbocycles. The van der Waals surface area contributed by atoms with Gasteiger partial charge < -0.3 is 15.6 Å². The van der Waals surface area contributed by atoms with Crippen molar-refractivity contribution in [3.8, 4) is 0 Å². The summed E-state index contributed by atoms with van der Waals surface area (Å²) in [5.41, 5.74) is 6.69. The van der Waals surface area contributed by atoms with Gasteiger partial charge in [-0.05, 0) is 31.0 Å². The van der Waals surface area contributed by atoms with Gasteiger partial charge in [-0.15, -0.1) is 0 Å². The van der Waals surface area contributed by atoms with E-state index in [9.17, 15) is 9.18 Å².